The molecule has 0 fully saturated rings. The lowest BCUT2D eigenvalue weighted by molar-refractivity contribution is 0.940. The fourth-order valence-corrected chi connectivity index (χ4v) is 2.25. The monoisotopic (exact) mass is 192 g/mol. The third-order valence-electron chi connectivity index (χ3n) is 2.05. The number of aryl methyl sites for hydroxylation is 1. The average molecular weight is 192 g/mol. The molecule has 0 amide bonds. The van der Waals surface area contributed by atoms with Gasteiger partial charge in [-0.05, 0) is 24.3 Å². The Bertz CT molecular complexity index is 400. The van der Waals surface area contributed by atoms with E-state index in [0.29, 0.717) is 0 Å². The van der Waals surface area contributed by atoms with E-state index < -0.39 is 0 Å². The van der Waals surface area contributed by atoms with Gasteiger partial charge in [0.15, 0.2) is 0 Å². The van der Waals surface area contributed by atoms with Gasteiger partial charge in [0.25, 0.3) is 0 Å². The molecule has 0 aromatic carbocycles. The standard InChI is InChI=1S/C10H12N2S/c1-11-10-6-5-9(13-10)8-4-3-7-12(8)2/h3-7,11H,1-2H3. The maximum atomic E-state index is 3.14. The van der Waals surface area contributed by atoms with E-state index >= 15 is 0 Å². The third kappa shape index (κ3) is 1.47. The molecule has 68 valence electrons. The minimum atomic E-state index is 1.20. The van der Waals surface area contributed by atoms with Crippen LogP contribution < -0.4 is 5.32 Å². The molecule has 2 heterocycles. The SMILES string of the molecule is CNc1ccc(-c2cccn2C)s1. The second-order valence-corrected chi connectivity index (χ2v) is 4.00. The first kappa shape index (κ1) is 8.38. The number of thiophene rings is 1. The van der Waals surface area contributed by atoms with Crippen LogP contribution in [0.5, 0.6) is 0 Å². The van der Waals surface area contributed by atoms with Gasteiger partial charge in [-0.25, -0.2) is 0 Å². The van der Waals surface area contributed by atoms with Gasteiger partial charge in [0.2, 0.25) is 0 Å². The largest absolute Gasteiger partial charge is 0.380 e. The molecule has 2 aromatic rings. The van der Waals surface area contributed by atoms with Crippen LogP contribution in [0.1, 0.15) is 0 Å². The number of nitrogens with one attached hydrogen (secondary N) is 1. The molecule has 0 aliphatic rings. The van der Waals surface area contributed by atoms with Crippen molar-refractivity contribution in [1.82, 2.24) is 4.57 Å². The zero-order chi connectivity index (χ0) is 9.26. The Kier molecular flexibility index (Phi) is 2.10. The van der Waals surface area contributed by atoms with E-state index in [2.05, 4.69) is 47.4 Å². The van der Waals surface area contributed by atoms with Crippen molar-refractivity contribution in [1.29, 1.82) is 0 Å². The number of nitrogens with zero attached hydrogens (tertiary/aromatic N) is 1. The van der Waals surface area contributed by atoms with Gasteiger partial charge in [-0.15, -0.1) is 11.3 Å². The Morgan fingerprint density at radius 1 is 1.31 bits per heavy atom. The molecular weight excluding hydrogens is 180 g/mol. The van der Waals surface area contributed by atoms with Crippen molar-refractivity contribution >= 4 is 16.3 Å². The highest BCUT2D eigenvalue weighted by atomic mass is 32.1. The van der Waals surface area contributed by atoms with Gasteiger partial charge in [-0.1, -0.05) is 0 Å². The number of hydrogen-bond acceptors (Lipinski definition) is 2. The Labute approximate surface area is 81.8 Å². The molecule has 2 rings (SSSR count). The van der Waals surface area contributed by atoms with Crippen LogP contribution in [0.2, 0.25) is 0 Å². The van der Waals surface area contributed by atoms with Gasteiger partial charge in [0.1, 0.15) is 0 Å². The summed E-state index contributed by atoms with van der Waals surface area (Å²) in [6.07, 6.45) is 2.06. The molecule has 1 N–H and O–H groups in total. The van der Waals surface area contributed by atoms with Crippen LogP contribution in [0, 0.1) is 0 Å². The van der Waals surface area contributed by atoms with E-state index in [1.807, 2.05) is 7.05 Å². The summed E-state index contributed by atoms with van der Waals surface area (Å²) in [6, 6.07) is 8.44. The Balaban J connectivity index is 2.41. The van der Waals surface area contributed by atoms with E-state index in [4.69, 9.17) is 0 Å². The molecule has 3 heteroatoms. The molecule has 0 radical (unpaired) electrons. The van der Waals surface area contributed by atoms with Crippen molar-refractivity contribution < 1.29 is 0 Å². The van der Waals surface area contributed by atoms with Gasteiger partial charge in [0, 0.05) is 20.3 Å². The first-order valence-electron chi connectivity index (χ1n) is 4.20. The maximum absolute atomic E-state index is 3.14. The Morgan fingerprint density at radius 3 is 2.69 bits per heavy atom. The van der Waals surface area contributed by atoms with E-state index in [9.17, 15) is 0 Å². The van der Waals surface area contributed by atoms with Crippen LogP contribution >= 0.6 is 11.3 Å². The van der Waals surface area contributed by atoms with Gasteiger partial charge >= 0.3 is 0 Å². The molecular formula is C10H12N2S. The first-order valence-corrected chi connectivity index (χ1v) is 5.02. The summed E-state index contributed by atoms with van der Waals surface area (Å²) in [5.41, 5.74) is 1.27. The Hall–Kier alpha value is -1.22. The van der Waals surface area contributed by atoms with E-state index in [-0.39, 0.29) is 0 Å². The van der Waals surface area contributed by atoms with E-state index in [1.54, 1.807) is 11.3 Å². The quantitative estimate of drug-likeness (QED) is 0.774. The van der Waals surface area contributed by atoms with Gasteiger partial charge in [-0.2, -0.15) is 0 Å². The number of hydrogen-bond donors (Lipinski definition) is 1. The summed E-state index contributed by atoms with van der Waals surface area (Å²) < 4.78 is 2.13. The third-order valence-corrected chi connectivity index (χ3v) is 3.17. The zero-order valence-corrected chi connectivity index (χ0v) is 8.56. The highest BCUT2D eigenvalue weighted by molar-refractivity contribution is 7.19. The summed E-state index contributed by atoms with van der Waals surface area (Å²) >= 11 is 1.77. The summed E-state index contributed by atoms with van der Waals surface area (Å²) in [5.74, 6) is 0. The van der Waals surface area contributed by atoms with Crippen molar-refractivity contribution in [2.24, 2.45) is 7.05 Å². The van der Waals surface area contributed by atoms with Crippen molar-refractivity contribution in [2.45, 2.75) is 0 Å². The lowest BCUT2D eigenvalue weighted by atomic mass is 10.3. The molecule has 0 bridgehead atoms. The Morgan fingerprint density at radius 2 is 2.15 bits per heavy atom. The van der Waals surface area contributed by atoms with E-state index in [0.717, 1.165) is 0 Å². The summed E-state index contributed by atoms with van der Waals surface area (Å²) in [6.45, 7) is 0. The molecule has 2 nitrogen and oxygen atoms in total. The maximum Gasteiger partial charge on any atom is 0.0886 e. The molecule has 0 saturated carbocycles. The normalized spacial score (nSPS) is 10.3. The lowest BCUT2D eigenvalue weighted by Crippen LogP contribution is -1.85. The summed E-state index contributed by atoms with van der Waals surface area (Å²) in [7, 11) is 4.01. The molecule has 0 aliphatic heterocycles. The van der Waals surface area contributed by atoms with Crippen molar-refractivity contribution in [3.05, 3.63) is 30.5 Å². The fraction of sp³-hybridized carbons (Fsp3) is 0.200. The molecule has 0 unspecified atom stereocenters. The molecule has 0 saturated heterocycles. The zero-order valence-electron chi connectivity index (χ0n) is 7.74. The second-order valence-electron chi connectivity index (χ2n) is 2.92. The summed E-state index contributed by atoms with van der Waals surface area (Å²) in [4.78, 5) is 1.30. The summed E-state index contributed by atoms with van der Waals surface area (Å²) in [5, 5.41) is 4.34. The lowest BCUT2D eigenvalue weighted by Gasteiger charge is -1.98. The molecule has 13 heavy (non-hydrogen) atoms. The minimum absolute atomic E-state index is 1.20. The number of rotatable bonds is 2. The average Bonchev–Trinajstić information content (AvgIpc) is 2.71. The van der Waals surface area contributed by atoms with Crippen molar-refractivity contribution in [3.8, 4) is 10.6 Å². The van der Waals surface area contributed by atoms with Crippen LogP contribution in [0.3, 0.4) is 0 Å². The highest BCUT2D eigenvalue weighted by Crippen LogP contribution is 2.30. The molecule has 2 aromatic heterocycles. The predicted octanol–water partition coefficient (Wildman–Crippen LogP) is 2.80. The molecule has 0 spiro atoms. The van der Waals surface area contributed by atoms with Gasteiger partial charge in [0.05, 0.1) is 15.6 Å². The number of aromatic nitrogens is 1. The molecule has 0 aliphatic carbocycles. The minimum Gasteiger partial charge on any atom is -0.380 e. The number of anilines is 1. The first-order chi connectivity index (χ1) is 6.31. The molecule has 0 atom stereocenters. The van der Waals surface area contributed by atoms with Crippen molar-refractivity contribution in [2.75, 3.05) is 12.4 Å². The fourth-order valence-electron chi connectivity index (χ4n) is 1.33. The smallest absolute Gasteiger partial charge is 0.0886 e. The second kappa shape index (κ2) is 3.26. The van der Waals surface area contributed by atoms with Crippen molar-refractivity contribution in [3.63, 3.8) is 0 Å². The predicted molar refractivity (Wildman–Crippen MR) is 58.3 cm³/mol. The van der Waals surface area contributed by atoms with Crippen LogP contribution in [0.15, 0.2) is 30.5 Å². The van der Waals surface area contributed by atoms with Gasteiger partial charge < -0.3 is 9.88 Å². The van der Waals surface area contributed by atoms with E-state index in [1.165, 1.54) is 15.6 Å². The van der Waals surface area contributed by atoms with Crippen LogP contribution in [-0.2, 0) is 7.05 Å². The van der Waals surface area contributed by atoms with Crippen LogP contribution in [0.25, 0.3) is 10.6 Å². The van der Waals surface area contributed by atoms with Crippen LogP contribution in [-0.4, -0.2) is 11.6 Å². The van der Waals surface area contributed by atoms with Crippen LogP contribution in [0.4, 0.5) is 5.00 Å². The topological polar surface area (TPSA) is 17.0 Å². The highest BCUT2D eigenvalue weighted by Gasteiger charge is 2.03. The van der Waals surface area contributed by atoms with Gasteiger partial charge in [-0.3, -0.25) is 0 Å².